The van der Waals surface area contributed by atoms with E-state index in [-0.39, 0.29) is 5.91 Å². The average molecular weight is 392 g/mol. The molecule has 0 bridgehead atoms. The summed E-state index contributed by atoms with van der Waals surface area (Å²) in [5.74, 6) is 1.05. The van der Waals surface area contributed by atoms with E-state index in [1.807, 2.05) is 10.7 Å². The third kappa shape index (κ3) is 3.58. The number of aromatic nitrogens is 3. The highest BCUT2D eigenvalue weighted by atomic mass is 35.5. The first-order valence-corrected chi connectivity index (χ1v) is 9.37. The third-order valence-electron chi connectivity index (χ3n) is 4.75. The van der Waals surface area contributed by atoms with E-state index in [1.165, 1.54) is 0 Å². The van der Waals surface area contributed by atoms with Crippen molar-refractivity contribution in [3.63, 3.8) is 0 Å². The van der Waals surface area contributed by atoms with Gasteiger partial charge < -0.3 is 15.6 Å². The van der Waals surface area contributed by atoms with E-state index >= 15 is 0 Å². The zero-order valence-corrected chi connectivity index (χ0v) is 15.6. The Kier molecular flexibility index (Phi) is 4.89. The van der Waals surface area contributed by atoms with Gasteiger partial charge in [-0.15, -0.1) is 0 Å². The molecule has 4 rings (SSSR count). The number of piperidine rings is 1. The molecule has 0 spiro atoms. The lowest BCUT2D eigenvalue weighted by atomic mass is 9.98. The van der Waals surface area contributed by atoms with E-state index in [0.717, 1.165) is 43.4 Å². The second kappa shape index (κ2) is 7.31. The van der Waals surface area contributed by atoms with Crippen molar-refractivity contribution < 1.29 is 4.79 Å². The maximum atomic E-state index is 12.6. The van der Waals surface area contributed by atoms with E-state index in [0.29, 0.717) is 27.5 Å². The SMILES string of the molecule is O=C(Nc1ccnn1CC1CCNCC1)c1cc2cc(Cl)c(Cl)cc2[nH]1. The van der Waals surface area contributed by atoms with Crippen LogP contribution in [0.1, 0.15) is 23.3 Å². The Balaban J connectivity index is 1.51. The van der Waals surface area contributed by atoms with Crippen LogP contribution in [0.4, 0.5) is 5.82 Å². The standard InChI is InChI=1S/C18H19Cl2N5O/c19-13-7-12-8-16(23-15(12)9-14(13)20)18(26)24-17-3-6-22-25(17)10-11-1-4-21-5-2-11/h3,6-9,11,21,23H,1-2,4-5,10H2,(H,24,26). The molecule has 3 aromatic rings. The number of H-pyrrole nitrogens is 1. The number of nitrogens with one attached hydrogen (secondary N) is 3. The second-order valence-electron chi connectivity index (χ2n) is 6.58. The summed E-state index contributed by atoms with van der Waals surface area (Å²) < 4.78 is 1.87. The topological polar surface area (TPSA) is 74.7 Å². The van der Waals surface area contributed by atoms with Gasteiger partial charge in [0.2, 0.25) is 0 Å². The fraction of sp³-hybridized carbons (Fsp3) is 0.333. The number of benzene rings is 1. The molecule has 0 radical (unpaired) electrons. The van der Waals surface area contributed by atoms with Gasteiger partial charge in [0.05, 0.1) is 16.2 Å². The van der Waals surface area contributed by atoms with Crippen molar-refractivity contribution in [3.05, 3.63) is 46.2 Å². The summed E-state index contributed by atoms with van der Waals surface area (Å²) in [5, 5.41) is 12.4. The van der Waals surface area contributed by atoms with E-state index in [1.54, 1.807) is 24.4 Å². The molecule has 1 amide bonds. The molecule has 3 N–H and O–H groups in total. The van der Waals surface area contributed by atoms with Crippen LogP contribution in [0.5, 0.6) is 0 Å². The number of halogens is 2. The highest BCUT2D eigenvalue weighted by Crippen LogP contribution is 2.28. The molecule has 0 atom stereocenters. The van der Waals surface area contributed by atoms with Gasteiger partial charge in [0.15, 0.2) is 0 Å². The van der Waals surface area contributed by atoms with Crippen molar-refractivity contribution in [1.82, 2.24) is 20.1 Å². The molecule has 26 heavy (non-hydrogen) atoms. The van der Waals surface area contributed by atoms with E-state index in [9.17, 15) is 4.79 Å². The van der Waals surface area contributed by atoms with Gasteiger partial charge >= 0.3 is 0 Å². The van der Waals surface area contributed by atoms with E-state index in [2.05, 4.69) is 20.7 Å². The van der Waals surface area contributed by atoms with Gasteiger partial charge in [0, 0.05) is 23.5 Å². The molecule has 0 saturated carbocycles. The molecule has 8 heteroatoms. The smallest absolute Gasteiger partial charge is 0.273 e. The Bertz CT molecular complexity index is 903. The lowest BCUT2D eigenvalue weighted by Crippen LogP contribution is -2.30. The largest absolute Gasteiger partial charge is 0.350 e. The lowest BCUT2D eigenvalue weighted by Gasteiger charge is -2.23. The maximum Gasteiger partial charge on any atom is 0.273 e. The van der Waals surface area contributed by atoms with Crippen molar-refractivity contribution in [2.75, 3.05) is 18.4 Å². The van der Waals surface area contributed by atoms with Crippen LogP contribution in [0.25, 0.3) is 10.9 Å². The number of nitrogens with zero attached hydrogens (tertiary/aromatic N) is 2. The molecular weight excluding hydrogens is 373 g/mol. The summed E-state index contributed by atoms with van der Waals surface area (Å²) in [7, 11) is 0. The van der Waals surface area contributed by atoms with Crippen molar-refractivity contribution in [2.24, 2.45) is 5.92 Å². The summed E-state index contributed by atoms with van der Waals surface area (Å²) in [4.78, 5) is 15.7. The molecule has 0 unspecified atom stereocenters. The molecule has 1 aliphatic heterocycles. The number of aromatic amines is 1. The number of anilines is 1. The molecule has 1 aromatic carbocycles. The highest BCUT2D eigenvalue weighted by Gasteiger charge is 2.17. The van der Waals surface area contributed by atoms with Crippen LogP contribution in [0.3, 0.4) is 0 Å². The molecule has 0 aliphatic carbocycles. The number of amides is 1. The minimum absolute atomic E-state index is 0.222. The summed E-state index contributed by atoms with van der Waals surface area (Å²) in [6, 6.07) is 7.04. The van der Waals surface area contributed by atoms with Crippen LogP contribution in [0.15, 0.2) is 30.5 Å². The van der Waals surface area contributed by atoms with Crippen LogP contribution < -0.4 is 10.6 Å². The molecule has 3 heterocycles. The summed E-state index contributed by atoms with van der Waals surface area (Å²) >= 11 is 12.1. The Morgan fingerprint density at radius 1 is 1.23 bits per heavy atom. The molecular formula is C18H19Cl2N5O. The molecule has 1 fully saturated rings. The number of fused-ring (bicyclic) bond motifs is 1. The fourth-order valence-corrected chi connectivity index (χ4v) is 3.66. The van der Waals surface area contributed by atoms with Crippen LogP contribution in [-0.4, -0.2) is 33.8 Å². The fourth-order valence-electron chi connectivity index (χ4n) is 3.33. The molecule has 1 saturated heterocycles. The first kappa shape index (κ1) is 17.4. The normalized spacial score (nSPS) is 15.5. The number of hydrogen-bond acceptors (Lipinski definition) is 3. The Morgan fingerprint density at radius 2 is 2.00 bits per heavy atom. The zero-order valence-electron chi connectivity index (χ0n) is 14.1. The van der Waals surface area contributed by atoms with E-state index < -0.39 is 0 Å². The highest BCUT2D eigenvalue weighted by molar-refractivity contribution is 6.42. The van der Waals surface area contributed by atoms with Crippen LogP contribution in [-0.2, 0) is 6.54 Å². The second-order valence-corrected chi connectivity index (χ2v) is 7.40. The molecule has 6 nitrogen and oxygen atoms in total. The molecule has 136 valence electrons. The van der Waals surface area contributed by atoms with Gasteiger partial charge in [-0.2, -0.15) is 5.10 Å². The number of rotatable bonds is 4. The van der Waals surface area contributed by atoms with Crippen LogP contribution in [0.2, 0.25) is 10.0 Å². The first-order valence-electron chi connectivity index (χ1n) is 8.62. The van der Waals surface area contributed by atoms with Gasteiger partial charge in [0.1, 0.15) is 11.5 Å². The number of carbonyl (C=O) groups excluding carboxylic acids is 1. The van der Waals surface area contributed by atoms with Crippen molar-refractivity contribution in [3.8, 4) is 0 Å². The molecule has 1 aliphatic rings. The van der Waals surface area contributed by atoms with Gasteiger partial charge in [-0.1, -0.05) is 23.2 Å². The first-order chi connectivity index (χ1) is 12.6. The van der Waals surface area contributed by atoms with Gasteiger partial charge in [-0.3, -0.25) is 4.79 Å². The lowest BCUT2D eigenvalue weighted by molar-refractivity contribution is 0.102. The summed E-state index contributed by atoms with van der Waals surface area (Å²) in [6.07, 6.45) is 3.95. The van der Waals surface area contributed by atoms with Crippen molar-refractivity contribution >= 4 is 45.8 Å². The quantitative estimate of drug-likeness (QED) is 0.630. The Labute approximate surface area is 160 Å². The van der Waals surface area contributed by atoms with Crippen LogP contribution in [0, 0.1) is 5.92 Å². The maximum absolute atomic E-state index is 12.6. The van der Waals surface area contributed by atoms with Crippen LogP contribution >= 0.6 is 23.2 Å². The zero-order chi connectivity index (χ0) is 18.1. The molecule has 2 aromatic heterocycles. The predicted octanol–water partition coefficient (Wildman–Crippen LogP) is 3.92. The predicted molar refractivity (Wildman–Crippen MR) is 104 cm³/mol. The van der Waals surface area contributed by atoms with Crippen molar-refractivity contribution in [2.45, 2.75) is 19.4 Å². The van der Waals surface area contributed by atoms with Gasteiger partial charge in [0.25, 0.3) is 5.91 Å². The number of hydrogen-bond donors (Lipinski definition) is 3. The number of carbonyl (C=O) groups is 1. The van der Waals surface area contributed by atoms with Gasteiger partial charge in [-0.25, -0.2) is 4.68 Å². The monoisotopic (exact) mass is 391 g/mol. The minimum Gasteiger partial charge on any atom is -0.350 e. The average Bonchev–Trinajstić information content (AvgIpc) is 3.23. The summed E-state index contributed by atoms with van der Waals surface area (Å²) in [5.41, 5.74) is 1.22. The van der Waals surface area contributed by atoms with Crippen molar-refractivity contribution in [1.29, 1.82) is 0 Å². The summed E-state index contributed by atoms with van der Waals surface area (Å²) in [6.45, 7) is 2.88. The third-order valence-corrected chi connectivity index (χ3v) is 5.48. The van der Waals surface area contributed by atoms with E-state index in [4.69, 9.17) is 23.2 Å². The minimum atomic E-state index is -0.222. The Morgan fingerprint density at radius 3 is 2.81 bits per heavy atom. The Hall–Kier alpha value is -2.02. The van der Waals surface area contributed by atoms with Gasteiger partial charge in [-0.05, 0) is 50.0 Å².